The van der Waals surface area contributed by atoms with Crippen LogP contribution in [0.5, 0.6) is 0 Å². The Morgan fingerprint density at radius 3 is 2.81 bits per heavy atom. The van der Waals surface area contributed by atoms with Gasteiger partial charge in [-0.1, -0.05) is 11.3 Å². The molecule has 1 aliphatic heterocycles. The normalized spacial score (nSPS) is 13.7. The summed E-state index contributed by atoms with van der Waals surface area (Å²) in [4.78, 5) is 42.5. The molecule has 0 aliphatic carbocycles. The number of carbonyl (C=O) groups is 2. The molecule has 0 saturated carbocycles. The minimum absolute atomic E-state index is 0.00786. The number of hydrogen-bond acceptors (Lipinski definition) is 7. The van der Waals surface area contributed by atoms with Crippen molar-refractivity contribution in [2.24, 2.45) is 0 Å². The number of rotatable bonds is 4. The Hall–Kier alpha value is -3.47. The summed E-state index contributed by atoms with van der Waals surface area (Å²) in [5.74, 6) is -0.254. The molecule has 168 valence electrons. The lowest BCUT2D eigenvalue weighted by Gasteiger charge is -2.29. The van der Waals surface area contributed by atoms with Crippen LogP contribution in [0.3, 0.4) is 0 Å². The minimum Gasteiger partial charge on any atom is -0.444 e. The molecule has 32 heavy (non-hydrogen) atoms. The highest BCUT2D eigenvalue weighted by molar-refractivity contribution is 7.15. The van der Waals surface area contributed by atoms with Gasteiger partial charge in [-0.25, -0.2) is 9.78 Å². The van der Waals surface area contributed by atoms with Crippen LogP contribution in [0.25, 0.3) is 10.9 Å². The third-order valence-electron chi connectivity index (χ3n) is 4.91. The number of fused-ring (bicyclic) bond motifs is 2. The van der Waals surface area contributed by atoms with Crippen LogP contribution < -0.4 is 5.32 Å². The number of anilines is 1. The molecule has 3 aromatic rings. The fourth-order valence-corrected chi connectivity index (χ4v) is 4.52. The summed E-state index contributed by atoms with van der Waals surface area (Å²) >= 11 is 1.35. The number of nitrogens with one attached hydrogen (secondary N) is 1. The van der Waals surface area contributed by atoms with Crippen LogP contribution in [0, 0.1) is 10.1 Å². The highest BCUT2D eigenvalue weighted by Crippen LogP contribution is 2.29. The van der Waals surface area contributed by atoms with Crippen molar-refractivity contribution in [3.8, 4) is 0 Å². The molecule has 1 aliphatic rings. The Kier molecular flexibility index (Phi) is 5.59. The first-order valence-electron chi connectivity index (χ1n) is 10.1. The number of nitrogens with zero attached hydrogens (tertiary/aromatic N) is 4. The zero-order valence-electron chi connectivity index (χ0n) is 18.0. The number of carbonyl (C=O) groups excluding carboxylic acids is 2. The lowest BCUT2D eigenvalue weighted by atomic mass is 10.2. The number of nitro benzene ring substituents is 1. The molecule has 2 aromatic heterocycles. The van der Waals surface area contributed by atoms with E-state index < -0.39 is 10.5 Å². The van der Waals surface area contributed by atoms with Crippen molar-refractivity contribution in [1.82, 2.24) is 14.5 Å². The van der Waals surface area contributed by atoms with Gasteiger partial charge in [-0.2, -0.15) is 0 Å². The number of aromatic nitrogens is 2. The van der Waals surface area contributed by atoms with Gasteiger partial charge in [0.2, 0.25) is 5.91 Å². The quantitative estimate of drug-likeness (QED) is 0.468. The number of non-ortho nitro benzene ring substituents is 1. The van der Waals surface area contributed by atoms with Crippen LogP contribution in [-0.4, -0.2) is 43.5 Å². The van der Waals surface area contributed by atoms with Crippen LogP contribution in [0.2, 0.25) is 0 Å². The first-order valence-corrected chi connectivity index (χ1v) is 10.9. The maximum absolute atomic E-state index is 12.6. The predicted octanol–water partition coefficient (Wildman–Crippen LogP) is 3.94. The maximum atomic E-state index is 12.6. The summed E-state index contributed by atoms with van der Waals surface area (Å²) in [5, 5.41) is 14.9. The summed E-state index contributed by atoms with van der Waals surface area (Å²) in [6.45, 7) is 6.45. The van der Waals surface area contributed by atoms with Crippen molar-refractivity contribution < 1.29 is 19.2 Å². The van der Waals surface area contributed by atoms with Gasteiger partial charge in [0.25, 0.3) is 5.69 Å². The van der Waals surface area contributed by atoms with E-state index in [1.165, 1.54) is 23.5 Å². The molecule has 0 atom stereocenters. The van der Waals surface area contributed by atoms with Gasteiger partial charge in [0, 0.05) is 47.1 Å². The van der Waals surface area contributed by atoms with Crippen molar-refractivity contribution >= 4 is 45.1 Å². The predicted molar refractivity (Wildman–Crippen MR) is 120 cm³/mol. The Bertz CT molecular complexity index is 1210. The summed E-state index contributed by atoms with van der Waals surface area (Å²) in [6, 6.07) is 6.27. The van der Waals surface area contributed by atoms with Crippen LogP contribution in [0.1, 0.15) is 31.3 Å². The highest BCUT2D eigenvalue weighted by atomic mass is 32.1. The van der Waals surface area contributed by atoms with Gasteiger partial charge in [-0.15, -0.1) is 0 Å². The van der Waals surface area contributed by atoms with Gasteiger partial charge < -0.3 is 19.5 Å². The van der Waals surface area contributed by atoms with E-state index in [1.54, 1.807) is 27.8 Å². The van der Waals surface area contributed by atoms with E-state index >= 15 is 0 Å². The third kappa shape index (κ3) is 4.72. The number of benzene rings is 1. The Morgan fingerprint density at radius 2 is 2.09 bits per heavy atom. The molecular weight excluding hydrogens is 434 g/mol. The van der Waals surface area contributed by atoms with Gasteiger partial charge in [0.05, 0.1) is 17.2 Å². The fourth-order valence-electron chi connectivity index (χ4n) is 3.48. The molecule has 2 amide bonds. The monoisotopic (exact) mass is 457 g/mol. The largest absolute Gasteiger partial charge is 0.444 e. The van der Waals surface area contributed by atoms with Crippen molar-refractivity contribution in [1.29, 1.82) is 0 Å². The SMILES string of the molecule is CC(C)(C)OC(=O)N1CCc2nc(NC(=O)Cn3ccc4cc([N+](=O)[O-])ccc43)sc2C1. The number of nitro groups is 1. The topological polar surface area (TPSA) is 120 Å². The smallest absolute Gasteiger partial charge is 0.410 e. The van der Waals surface area contributed by atoms with Crippen LogP contribution in [-0.2, 0) is 29.0 Å². The van der Waals surface area contributed by atoms with E-state index in [-0.39, 0.29) is 24.2 Å². The molecule has 0 spiro atoms. The van der Waals surface area contributed by atoms with Crippen LogP contribution in [0.4, 0.5) is 15.6 Å². The second-order valence-corrected chi connectivity index (χ2v) is 9.62. The lowest BCUT2D eigenvalue weighted by Crippen LogP contribution is -2.39. The minimum atomic E-state index is -0.558. The summed E-state index contributed by atoms with van der Waals surface area (Å²) in [7, 11) is 0. The van der Waals surface area contributed by atoms with Crippen molar-refractivity contribution in [3.05, 3.63) is 51.1 Å². The van der Waals surface area contributed by atoms with E-state index in [2.05, 4.69) is 10.3 Å². The molecule has 0 fully saturated rings. The fraction of sp³-hybridized carbons (Fsp3) is 0.381. The van der Waals surface area contributed by atoms with Crippen molar-refractivity contribution in [2.45, 2.75) is 45.9 Å². The number of amides is 2. The van der Waals surface area contributed by atoms with E-state index in [4.69, 9.17) is 4.74 Å². The molecule has 0 bridgehead atoms. The summed E-state index contributed by atoms with van der Waals surface area (Å²) in [5.41, 5.74) is 1.06. The molecule has 0 saturated heterocycles. The van der Waals surface area contributed by atoms with Crippen LogP contribution >= 0.6 is 11.3 Å². The van der Waals surface area contributed by atoms with E-state index in [9.17, 15) is 19.7 Å². The number of ether oxygens (including phenoxy) is 1. The summed E-state index contributed by atoms with van der Waals surface area (Å²) < 4.78 is 7.17. The Labute approximate surface area is 187 Å². The average molecular weight is 458 g/mol. The first kappa shape index (κ1) is 21.8. The van der Waals surface area contributed by atoms with Crippen LogP contribution in [0.15, 0.2) is 30.5 Å². The summed E-state index contributed by atoms with van der Waals surface area (Å²) in [6.07, 6.45) is 1.96. The van der Waals surface area contributed by atoms with Gasteiger partial charge >= 0.3 is 6.09 Å². The van der Waals surface area contributed by atoms with Crippen molar-refractivity contribution in [2.75, 3.05) is 11.9 Å². The van der Waals surface area contributed by atoms with Gasteiger partial charge in [0.15, 0.2) is 5.13 Å². The van der Waals surface area contributed by atoms with E-state index in [1.807, 2.05) is 20.8 Å². The van der Waals surface area contributed by atoms with Gasteiger partial charge in [-0.3, -0.25) is 14.9 Å². The molecule has 0 radical (unpaired) electrons. The molecule has 3 heterocycles. The number of hydrogen-bond donors (Lipinski definition) is 1. The highest BCUT2D eigenvalue weighted by Gasteiger charge is 2.28. The molecule has 10 nitrogen and oxygen atoms in total. The lowest BCUT2D eigenvalue weighted by molar-refractivity contribution is -0.384. The molecule has 1 aromatic carbocycles. The molecule has 0 unspecified atom stereocenters. The molecule has 1 N–H and O–H groups in total. The van der Waals surface area contributed by atoms with Crippen molar-refractivity contribution in [3.63, 3.8) is 0 Å². The second-order valence-electron chi connectivity index (χ2n) is 8.53. The first-order chi connectivity index (χ1) is 15.1. The molecule has 4 rings (SSSR count). The molecular formula is C21H23N5O5S. The Morgan fingerprint density at radius 1 is 1.31 bits per heavy atom. The average Bonchev–Trinajstić information content (AvgIpc) is 3.28. The Balaban J connectivity index is 1.41. The zero-order chi connectivity index (χ0) is 23.0. The van der Waals surface area contributed by atoms with Gasteiger partial charge in [0.1, 0.15) is 12.1 Å². The van der Waals surface area contributed by atoms with E-state index in [0.29, 0.717) is 30.0 Å². The molecule has 11 heteroatoms. The second kappa shape index (κ2) is 8.23. The zero-order valence-corrected chi connectivity index (χ0v) is 18.8. The third-order valence-corrected chi connectivity index (χ3v) is 5.91. The standard InChI is InChI=1S/C21H23N5O5S/c1-21(2,3)31-20(28)25-9-7-15-17(11-25)32-19(22-15)23-18(27)12-24-8-6-13-10-14(26(29)30)4-5-16(13)24/h4-6,8,10H,7,9,11-12H2,1-3H3,(H,22,23,27). The van der Waals surface area contributed by atoms with Gasteiger partial charge in [-0.05, 0) is 32.9 Å². The maximum Gasteiger partial charge on any atom is 0.410 e. The number of thiazole rings is 1. The van der Waals surface area contributed by atoms with E-state index in [0.717, 1.165) is 16.1 Å².